The highest BCUT2D eigenvalue weighted by Gasteiger charge is 2.30. The second kappa shape index (κ2) is 6.72. The number of fused-ring (bicyclic) bond motifs is 1. The standard InChI is InChI=1S/C20H21ClN2O2S/c1-14-3-2-4-17(11-14)26(24,25)23-9-7-15(8-10-23)19-13-22-20-12-16(21)5-6-18(19)20/h2-6,11-13,15,22H,7-10H2,1H3. The molecule has 3 aromatic rings. The van der Waals surface area contributed by atoms with Gasteiger partial charge < -0.3 is 4.98 Å². The summed E-state index contributed by atoms with van der Waals surface area (Å²) in [4.78, 5) is 3.67. The molecule has 2 aromatic carbocycles. The number of piperidine rings is 1. The Morgan fingerprint density at radius 1 is 1.12 bits per heavy atom. The molecule has 1 saturated heterocycles. The topological polar surface area (TPSA) is 53.2 Å². The van der Waals surface area contributed by atoms with Crippen LogP contribution < -0.4 is 0 Å². The van der Waals surface area contributed by atoms with Crippen molar-refractivity contribution in [2.45, 2.75) is 30.6 Å². The highest BCUT2D eigenvalue weighted by Crippen LogP contribution is 2.35. The van der Waals surface area contributed by atoms with Crippen LogP contribution in [0, 0.1) is 6.92 Å². The van der Waals surface area contributed by atoms with E-state index in [4.69, 9.17) is 11.6 Å². The van der Waals surface area contributed by atoms with Crippen LogP contribution in [0.3, 0.4) is 0 Å². The predicted octanol–water partition coefficient (Wildman–Crippen LogP) is 4.70. The Labute approximate surface area is 158 Å². The minimum absolute atomic E-state index is 0.355. The van der Waals surface area contributed by atoms with E-state index in [1.807, 2.05) is 37.4 Å². The molecule has 0 saturated carbocycles. The molecule has 1 N–H and O–H groups in total. The third-order valence-corrected chi connectivity index (χ3v) is 7.33. The maximum Gasteiger partial charge on any atom is 0.243 e. The lowest BCUT2D eigenvalue weighted by Crippen LogP contribution is -2.37. The molecule has 0 atom stereocenters. The van der Waals surface area contributed by atoms with Crippen molar-refractivity contribution in [1.82, 2.24) is 9.29 Å². The lowest BCUT2D eigenvalue weighted by Gasteiger charge is -2.31. The quantitative estimate of drug-likeness (QED) is 0.707. The first-order chi connectivity index (χ1) is 12.4. The summed E-state index contributed by atoms with van der Waals surface area (Å²) in [6, 6.07) is 13.0. The summed E-state index contributed by atoms with van der Waals surface area (Å²) in [5, 5.41) is 1.89. The Morgan fingerprint density at radius 3 is 2.62 bits per heavy atom. The maximum absolute atomic E-state index is 12.9. The van der Waals surface area contributed by atoms with Crippen molar-refractivity contribution in [2.75, 3.05) is 13.1 Å². The Kier molecular flexibility index (Phi) is 4.55. The Hall–Kier alpha value is -1.82. The van der Waals surface area contributed by atoms with E-state index in [0.717, 1.165) is 23.9 Å². The number of benzene rings is 2. The number of sulfonamides is 1. The monoisotopic (exact) mass is 388 g/mol. The lowest BCUT2D eigenvalue weighted by atomic mass is 9.90. The fourth-order valence-electron chi connectivity index (χ4n) is 3.79. The van der Waals surface area contributed by atoms with E-state index in [1.165, 1.54) is 10.9 Å². The van der Waals surface area contributed by atoms with E-state index < -0.39 is 10.0 Å². The van der Waals surface area contributed by atoms with Gasteiger partial charge in [0.25, 0.3) is 0 Å². The van der Waals surface area contributed by atoms with Gasteiger partial charge in [-0.2, -0.15) is 4.31 Å². The van der Waals surface area contributed by atoms with E-state index in [-0.39, 0.29) is 0 Å². The van der Waals surface area contributed by atoms with Crippen LogP contribution in [0.1, 0.15) is 29.9 Å². The number of H-pyrrole nitrogens is 1. The summed E-state index contributed by atoms with van der Waals surface area (Å²) < 4.78 is 27.4. The van der Waals surface area contributed by atoms with Crippen molar-refractivity contribution in [3.05, 3.63) is 64.8 Å². The zero-order chi connectivity index (χ0) is 18.3. The number of halogens is 1. The fraction of sp³-hybridized carbons (Fsp3) is 0.300. The van der Waals surface area contributed by atoms with Gasteiger partial charge in [-0.15, -0.1) is 0 Å². The van der Waals surface area contributed by atoms with Gasteiger partial charge in [0.05, 0.1) is 4.90 Å². The van der Waals surface area contributed by atoms with Crippen molar-refractivity contribution in [2.24, 2.45) is 0 Å². The van der Waals surface area contributed by atoms with Gasteiger partial charge in [-0.05, 0) is 61.1 Å². The molecule has 136 valence electrons. The molecule has 1 fully saturated rings. The Morgan fingerprint density at radius 2 is 1.88 bits per heavy atom. The third-order valence-electron chi connectivity index (χ3n) is 5.20. The number of aryl methyl sites for hydroxylation is 1. The van der Waals surface area contributed by atoms with Crippen LogP contribution in [-0.4, -0.2) is 30.8 Å². The number of nitrogens with one attached hydrogen (secondary N) is 1. The Bertz CT molecular complexity index is 1050. The van der Waals surface area contributed by atoms with Crippen molar-refractivity contribution in [1.29, 1.82) is 0 Å². The Balaban J connectivity index is 1.53. The smallest absolute Gasteiger partial charge is 0.243 e. The largest absolute Gasteiger partial charge is 0.361 e. The summed E-state index contributed by atoms with van der Waals surface area (Å²) in [6.07, 6.45) is 3.68. The van der Waals surface area contributed by atoms with Crippen molar-refractivity contribution < 1.29 is 8.42 Å². The zero-order valence-corrected chi connectivity index (χ0v) is 16.1. The van der Waals surface area contributed by atoms with Gasteiger partial charge >= 0.3 is 0 Å². The normalized spacial score (nSPS) is 17.0. The summed E-state index contributed by atoms with van der Waals surface area (Å²) >= 11 is 6.06. The summed E-state index contributed by atoms with van der Waals surface area (Å²) in [5.41, 5.74) is 3.24. The fourth-order valence-corrected chi connectivity index (χ4v) is 5.54. The SMILES string of the molecule is Cc1cccc(S(=O)(=O)N2CCC(c3c[nH]c4cc(Cl)ccc34)CC2)c1. The molecule has 1 aliphatic rings. The molecule has 2 heterocycles. The van der Waals surface area contributed by atoms with E-state index in [9.17, 15) is 8.42 Å². The van der Waals surface area contributed by atoms with Crippen molar-refractivity contribution in [3.8, 4) is 0 Å². The molecule has 0 unspecified atom stereocenters. The molecule has 0 bridgehead atoms. The van der Waals surface area contributed by atoms with Gasteiger partial charge in [0.1, 0.15) is 0 Å². The van der Waals surface area contributed by atoms with Crippen molar-refractivity contribution in [3.63, 3.8) is 0 Å². The third kappa shape index (κ3) is 3.15. The molecule has 4 rings (SSSR count). The van der Waals surface area contributed by atoms with Gasteiger partial charge in [-0.1, -0.05) is 29.8 Å². The van der Waals surface area contributed by atoms with E-state index in [1.54, 1.807) is 22.5 Å². The van der Waals surface area contributed by atoms with Crippen molar-refractivity contribution >= 4 is 32.5 Å². The number of nitrogens with zero attached hydrogens (tertiary/aromatic N) is 1. The molecule has 1 aromatic heterocycles. The first kappa shape index (κ1) is 17.6. The number of aromatic amines is 1. The predicted molar refractivity (Wildman–Crippen MR) is 105 cm³/mol. The molecule has 6 heteroatoms. The second-order valence-electron chi connectivity index (χ2n) is 6.93. The van der Waals surface area contributed by atoms with Crippen LogP contribution in [0.2, 0.25) is 5.02 Å². The summed E-state index contributed by atoms with van der Waals surface area (Å²) in [7, 11) is -3.42. The molecule has 4 nitrogen and oxygen atoms in total. The number of hydrogen-bond acceptors (Lipinski definition) is 2. The zero-order valence-electron chi connectivity index (χ0n) is 14.6. The average Bonchev–Trinajstić information content (AvgIpc) is 3.05. The van der Waals surface area contributed by atoms with Gasteiger partial charge in [0.2, 0.25) is 10.0 Å². The molecular formula is C20H21ClN2O2S. The highest BCUT2D eigenvalue weighted by molar-refractivity contribution is 7.89. The van der Waals surface area contributed by atoms with Crippen LogP contribution in [0.5, 0.6) is 0 Å². The van der Waals surface area contributed by atoms with Crippen LogP contribution in [0.25, 0.3) is 10.9 Å². The molecule has 26 heavy (non-hydrogen) atoms. The molecule has 0 spiro atoms. The van der Waals surface area contributed by atoms with Crippen LogP contribution in [0.4, 0.5) is 0 Å². The van der Waals surface area contributed by atoms with Gasteiger partial charge in [-0.25, -0.2) is 8.42 Å². The van der Waals surface area contributed by atoms with Crippen LogP contribution >= 0.6 is 11.6 Å². The minimum atomic E-state index is -3.42. The maximum atomic E-state index is 12.9. The average molecular weight is 389 g/mol. The first-order valence-electron chi connectivity index (χ1n) is 8.78. The lowest BCUT2D eigenvalue weighted by molar-refractivity contribution is 0.320. The van der Waals surface area contributed by atoms with E-state index in [2.05, 4.69) is 4.98 Å². The number of rotatable bonds is 3. The van der Waals surface area contributed by atoms with Gasteiger partial charge in [0.15, 0.2) is 0 Å². The van der Waals surface area contributed by atoms with Crippen LogP contribution in [-0.2, 0) is 10.0 Å². The van der Waals surface area contributed by atoms with Crippen LogP contribution in [0.15, 0.2) is 53.6 Å². The van der Waals surface area contributed by atoms with E-state index >= 15 is 0 Å². The molecule has 1 aliphatic heterocycles. The highest BCUT2D eigenvalue weighted by atomic mass is 35.5. The molecule has 0 aliphatic carbocycles. The van der Waals surface area contributed by atoms with E-state index in [0.29, 0.717) is 28.9 Å². The number of hydrogen-bond donors (Lipinski definition) is 1. The van der Waals surface area contributed by atoms with Gasteiger partial charge in [-0.3, -0.25) is 0 Å². The summed E-state index contributed by atoms with van der Waals surface area (Å²) in [5.74, 6) is 0.355. The summed E-state index contributed by atoms with van der Waals surface area (Å²) in [6.45, 7) is 3.00. The molecular weight excluding hydrogens is 368 g/mol. The minimum Gasteiger partial charge on any atom is -0.361 e. The second-order valence-corrected chi connectivity index (χ2v) is 9.30. The first-order valence-corrected chi connectivity index (χ1v) is 10.6. The molecule has 0 amide bonds. The van der Waals surface area contributed by atoms with Gasteiger partial charge in [0, 0.05) is 35.2 Å². The molecule has 0 radical (unpaired) electrons. The number of aromatic nitrogens is 1.